The van der Waals surface area contributed by atoms with Gasteiger partial charge in [0.2, 0.25) is 0 Å². The Morgan fingerprint density at radius 2 is 2.14 bits per heavy atom. The van der Waals surface area contributed by atoms with Crippen molar-refractivity contribution in [1.82, 2.24) is 4.98 Å². The average molecular weight is 192 g/mol. The first-order chi connectivity index (χ1) is 6.68. The average Bonchev–Trinajstić information content (AvgIpc) is 2.16. The Morgan fingerprint density at radius 1 is 1.36 bits per heavy atom. The van der Waals surface area contributed by atoms with E-state index < -0.39 is 0 Å². The summed E-state index contributed by atoms with van der Waals surface area (Å²) in [4.78, 5) is 4.08. The summed E-state index contributed by atoms with van der Waals surface area (Å²) in [6.45, 7) is 4.47. The second-order valence-electron chi connectivity index (χ2n) is 4.30. The summed E-state index contributed by atoms with van der Waals surface area (Å²) in [6.07, 6.45) is 6.95. The van der Waals surface area contributed by atoms with Gasteiger partial charge in [0.25, 0.3) is 0 Å². The molecule has 0 saturated carbocycles. The molecular weight excluding hydrogens is 172 g/mol. The van der Waals surface area contributed by atoms with Gasteiger partial charge in [-0.15, -0.1) is 0 Å². The van der Waals surface area contributed by atoms with Gasteiger partial charge in [0.1, 0.15) is 0 Å². The molecule has 1 aromatic heterocycles. The number of rotatable bonds is 5. The quantitative estimate of drug-likeness (QED) is 0.778. The Balaban J connectivity index is 2.30. The van der Waals surface area contributed by atoms with Gasteiger partial charge in [0.05, 0.1) is 0 Å². The highest BCUT2D eigenvalue weighted by Crippen LogP contribution is 2.09. The molecular formula is C12H20N2. The van der Waals surface area contributed by atoms with E-state index in [0.717, 1.165) is 18.8 Å². The molecule has 0 bridgehead atoms. The third-order valence-electron chi connectivity index (χ3n) is 2.34. The topological polar surface area (TPSA) is 38.9 Å². The Bertz CT molecular complexity index is 244. The van der Waals surface area contributed by atoms with Gasteiger partial charge in [0.15, 0.2) is 0 Å². The van der Waals surface area contributed by atoms with E-state index in [2.05, 4.69) is 24.9 Å². The molecule has 1 unspecified atom stereocenters. The molecule has 2 heteroatoms. The third kappa shape index (κ3) is 4.38. The van der Waals surface area contributed by atoms with E-state index in [9.17, 15) is 0 Å². The van der Waals surface area contributed by atoms with Crippen LogP contribution in [-0.2, 0) is 6.42 Å². The predicted molar refractivity (Wildman–Crippen MR) is 60.0 cm³/mol. The number of hydrogen-bond acceptors (Lipinski definition) is 2. The van der Waals surface area contributed by atoms with Crippen LogP contribution in [0.3, 0.4) is 0 Å². The molecule has 0 radical (unpaired) electrons. The second kappa shape index (κ2) is 5.76. The standard InChI is InChI=1S/C12H20N2/c1-10(2)5-6-12(13)8-11-4-3-7-14-9-11/h3-4,7,9-10,12H,5-6,8,13H2,1-2H3. The molecule has 1 aromatic rings. The van der Waals surface area contributed by atoms with Crippen molar-refractivity contribution in [3.63, 3.8) is 0 Å². The molecule has 2 N–H and O–H groups in total. The van der Waals surface area contributed by atoms with Crippen LogP contribution < -0.4 is 5.73 Å². The Hall–Kier alpha value is -0.890. The molecule has 78 valence electrons. The first kappa shape index (κ1) is 11.2. The van der Waals surface area contributed by atoms with E-state index in [1.54, 1.807) is 6.20 Å². The number of nitrogens with zero attached hydrogens (tertiary/aromatic N) is 1. The molecule has 1 atom stereocenters. The maximum Gasteiger partial charge on any atom is 0.0300 e. The molecule has 0 saturated heterocycles. The van der Waals surface area contributed by atoms with Crippen molar-refractivity contribution in [3.05, 3.63) is 30.1 Å². The lowest BCUT2D eigenvalue weighted by Crippen LogP contribution is -2.23. The van der Waals surface area contributed by atoms with Gasteiger partial charge in [0, 0.05) is 18.4 Å². The lowest BCUT2D eigenvalue weighted by atomic mass is 9.99. The maximum absolute atomic E-state index is 6.03. The molecule has 0 aliphatic rings. The lowest BCUT2D eigenvalue weighted by Gasteiger charge is -2.12. The highest BCUT2D eigenvalue weighted by atomic mass is 14.6. The fourth-order valence-corrected chi connectivity index (χ4v) is 1.47. The molecule has 2 nitrogen and oxygen atoms in total. The summed E-state index contributed by atoms with van der Waals surface area (Å²) in [7, 11) is 0. The van der Waals surface area contributed by atoms with Gasteiger partial charge in [-0.1, -0.05) is 19.9 Å². The first-order valence-electron chi connectivity index (χ1n) is 5.33. The summed E-state index contributed by atoms with van der Waals surface area (Å²) in [5, 5.41) is 0. The van der Waals surface area contributed by atoms with Gasteiger partial charge < -0.3 is 5.73 Å². The third-order valence-corrected chi connectivity index (χ3v) is 2.34. The fraction of sp³-hybridized carbons (Fsp3) is 0.583. The molecule has 0 aliphatic heterocycles. The maximum atomic E-state index is 6.03. The molecule has 1 rings (SSSR count). The van der Waals surface area contributed by atoms with Crippen LogP contribution >= 0.6 is 0 Å². The van der Waals surface area contributed by atoms with Crippen molar-refractivity contribution in [2.45, 2.75) is 39.2 Å². The summed E-state index contributed by atoms with van der Waals surface area (Å²) in [6, 6.07) is 4.33. The molecule has 0 spiro atoms. The van der Waals surface area contributed by atoms with Gasteiger partial charge in [-0.2, -0.15) is 0 Å². The van der Waals surface area contributed by atoms with Crippen molar-refractivity contribution < 1.29 is 0 Å². The van der Waals surface area contributed by atoms with Crippen LogP contribution in [0, 0.1) is 5.92 Å². The molecule has 14 heavy (non-hydrogen) atoms. The van der Waals surface area contributed by atoms with E-state index in [-0.39, 0.29) is 6.04 Å². The number of pyridine rings is 1. The summed E-state index contributed by atoms with van der Waals surface area (Å²) in [5.74, 6) is 0.745. The van der Waals surface area contributed by atoms with Gasteiger partial charge in [-0.25, -0.2) is 0 Å². The minimum absolute atomic E-state index is 0.279. The number of nitrogens with two attached hydrogens (primary N) is 1. The zero-order chi connectivity index (χ0) is 10.4. The summed E-state index contributed by atoms with van der Waals surface area (Å²) in [5.41, 5.74) is 7.27. The summed E-state index contributed by atoms with van der Waals surface area (Å²) < 4.78 is 0. The van der Waals surface area contributed by atoms with Crippen LogP contribution in [-0.4, -0.2) is 11.0 Å². The molecule has 1 heterocycles. The van der Waals surface area contributed by atoms with Crippen LogP contribution in [0.4, 0.5) is 0 Å². The molecule has 0 aliphatic carbocycles. The summed E-state index contributed by atoms with van der Waals surface area (Å²) >= 11 is 0. The van der Waals surface area contributed by atoms with Crippen LogP contribution in [0.5, 0.6) is 0 Å². The fourth-order valence-electron chi connectivity index (χ4n) is 1.47. The largest absolute Gasteiger partial charge is 0.327 e. The van der Waals surface area contributed by atoms with E-state index in [4.69, 9.17) is 5.73 Å². The van der Waals surface area contributed by atoms with Crippen LogP contribution in [0.1, 0.15) is 32.3 Å². The monoisotopic (exact) mass is 192 g/mol. The highest BCUT2D eigenvalue weighted by molar-refractivity contribution is 5.09. The number of aromatic nitrogens is 1. The molecule has 0 amide bonds. The minimum atomic E-state index is 0.279. The van der Waals surface area contributed by atoms with Gasteiger partial charge in [-0.05, 0) is 36.8 Å². The van der Waals surface area contributed by atoms with E-state index >= 15 is 0 Å². The highest BCUT2D eigenvalue weighted by Gasteiger charge is 2.05. The van der Waals surface area contributed by atoms with Crippen LogP contribution in [0.25, 0.3) is 0 Å². The van der Waals surface area contributed by atoms with E-state index in [0.29, 0.717) is 0 Å². The van der Waals surface area contributed by atoms with Crippen molar-refractivity contribution >= 4 is 0 Å². The van der Waals surface area contributed by atoms with Gasteiger partial charge in [-0.3, -0.25) is 4.98 Å². The van der Waals surface area contributed by atoms with Crippen molar-refractivity contribution in [2.24, 2.45) is 11.7 Å². The van der Waals surface area contributed by atoms with Crippen LogP contribution in [0.2, 0.25) is 0 Å². The zero-order valence-corrected chi connectivity index (χ0v) is 9.11. The minimum Gasteiger partial charge on any atom is -0.327 e. The first-order valence-corrected chi connectivity index (χ1v) is 5.33. The van der Waals surface area contributed by atoms with Crippen LogP contribution in [0.15, 0.2) is 24.5 Å². The smallest absolute Gasteiger partial charge is 0.0300 e. The second-order valence-corrected chi connectivity index (χ2v) is 4.30. The predicted octanol–water partition coefficient (Wildman–Crippen LogP) is 2.39. The Labute approximate surface area is 86.5 Å². The van der Waals surface area contributed by atoms with Crippen molar-refractivity contribution in [3.8, 4) is 0 Å². The zero-order valence-electron chi connectivity index (χ0n) is 9.11. The molecule has 0 fully saturated rings. The normalized spacial score (nSPS) is 13.1. The van der Waals surface area contributed by atoms with E-state index in [1.807, 2.05) is 12.3 Å². The van der Waals surface area contributed by atoms with Gasteiger partial charge >= 0.3 is 0 Å². The van der Waals surface area contributed by atoms with Crippen molar-refractivity contribution in [2.75, 3.05) is 0 Å². The Kier molecular flexibility index (Phi) is 4.60. The lowest BCUT2D eigenvalue weighted by molar-refractivity contribution is 0.494. The van der Waals surface area contributed by atoms with E-state index in [1.165, 1.54) is 12.0 Å². The number of hydrogen-bond donors (Lipinski definition) is 1. The van der Waals surface area contributed by atoms with Crippen molar-refractivity contribution in [1.29, 1.82) is 0 Å². The SMILES string of the molecule is CC(C)CCC(N)Cc1cccnc1. The molecule has 0 aromatic carbocycles. The Morgan fingerprint density at radius 3 is 2.71 bits per heavy atom.